The maximum absolute atomic E-state index is 13.5. The minimum atomic E-state index is -0.127. The Bertz CT molecular complexity index is 490. The number of benzene rings is 1. The monoisotopic (exact) mass is 339 g/mol. The molecular weight excluding hydrogens is 317 g/mol. The van der Waals surface area contributed by atoms with Crippen LogP contribution in [0.2, 0.25) is 0 Å². The van der Waals surface area contributed by atoms with E-state index in [-0.39, 0.29) is 5.82 Å². The van der Waals surface area contributed by atoms with Gasteiger partial charge in [-0.25, -0.2) is 4.39 Å². The van der Waals surface area contributed by atoms with Gasteiger partial charge in [0.25, 0.3) is 0 Å². The van der Waals surface area contributed by atoms with Gasteiger partial charge < -0.3 is 5.32 Å². The fourth-order valence-corrected chi connectivity index (χ4v) is 4.25. The van der Waals surface area contributed by atoms with E-state index in [1.54, 1.807) is 6.07 Å². The Labute approximate surface area is 129 Å². The molecule has 2 aliphatic carbocycles. The van der Waals surface area contributed by atoms with Crippen LogP contribution < -0.4 is 5.32 Å². The molecule has 2 fully saturated rings. The van der Waals surface area contributed by atoms with Crippen molar-refractivity contribution in [3.05, 3.63) is 34.1 Å². The SMILES string of the molecule is CC(C)NCC1(Cc2cc(F)ccc2Br)CC2CC2C1. The average molecular weight is 340 g/mol. The van der Waals surface area contributed by atoms with Gasteiger partial charge in [-0.05, 0) is 66.7 Å². The Kier molecular flexibility index (Phi) is 3.93. The molecule has 0 radical (unpaired) electrons. The van der Waals surface area contributed by atoms with Gasteiger partial charge in [0.15, 0.2) is 0 Å². The molecule has 0 heterocycles. The molecule has 0 amide bonds. The lowest BCUT2D eigenvalue weighted by molar-refractivity contribution is 0.241. The van der Waals surface area contributed by atoms with Gasteiger partial charge in [0.2, 0.25) is 0 Å². The highest BCUT2D eigenvalue weighted by Gasteiger charge is 2.53. The normalized spacial score (nSPS) is 31.6. The van der Waals surface area contributed by atoms with Crippen LogP contribution in [0.25, 0.3) is 0 Å². The summed E-state index contributed by atoms with van der Waals surface area (Å²) in [6.45, 7) is 5.45. The van der Waals surface area contributed by atoms with E-state index in [1.165, 1.54) is 25.3 Å². The highest BCUT2D eigenvalue weighted by atomic mass is 79.9. The molecule has 2 unspecified atom stereocenters. The maximum atomic E-state index is 13.5. The van der Waals surface area contributed by atoms with E-state index >= 15 is 0 Å². The summed E-state index contributed by atoms with van der Waals surface area (Å²) in [4.78, 5) is 0. The van der Waals surface area contributed by atoms with Crippen LogP contribution in [0.4, 0.5) is 4.39 Å². The van der Waals surface area contributed by atoms with Crippen molar-refractivity contribution in [2.45, 2.75) is 45.6 Å². The van der Waals surface area contributed by atoms with Crippen molar-refractivity contribution < 1.29 is 4.39 Å². The third-order valence-electron chi connectivity index (χ3n) is 4.92. The fraction of sp³-hybridized carbons (Fsp3) is 0.647. The first-order valence-corrected chi connectivity index (χ1v) is 8.44. The molecule has 1 aromatic carbocycles. The third-order valence-corrected chi connectivity index (χ3v) is 5.69. The summed E-state index contributed by atoms with van der Waals surface area (Å²) < 4.78 is 14.6. The molecule has 2 aliphatic rings. The molecule has 1 nitrogen and oxygen atoms in total. The number of hydrogen-bond donors (Lipinski definition) is 1. The quantitative estimate of drug-likeness (QED) is 0.829. The topological polar surface area (TPSA) is 12.0 Å². The van der Waals surface area contributed by atoms with E-state index in [0.29, 0.717) is 11.5 Å². The Morgan fingerprint density at radius 1 is 1.35 bits per heavy atom. The minimum absolute atomic E-state index is 0.127. The Morgan fingerprint density at radius 3 is 2.70 bits per heavy atom. The van der Waals surface area contributed by atoms with Gasteiger partial charge >= 0.3 is 0 Å². The van der Waals surface area contributed by atoms with Gasteiger partial charge in [-0.15, -0.1) is 0 Å². The zero-order valence-corrected chi connectivity index (χ0v) is 13.8. The van der Waals surface area contributed by atoms with E-state index in [4.69, 9.17) is 0 Å². The van der Waals surface area contributed by atoms with Gasteiger partial charge in [0.05, 0.1) is 0 Å². The van der Waals surface area contributed by atoms with E-state index in [1.807, 2.05) is 6.07 Å². The lowest BCUT2D eigenvalue weighted by atomic mass is 9.77. The molecule has 3 heteroatoms. The predicted molar refractivity (Wildman–Crippen MR) is 84.2 cm³/mol. The van der Waals surface area contributed by atoms with Crippen molar-refractivity contribution in [2.24, 2.45) is 17.3 Å². The molecule has 0 aromatic heterocycles. The standard InChI is InChI=1S/C17H23BrFN/c1-11(2)20-10-17(7-12-5-13(12)8-17)9-14-6-15(19)3-4-16(14)18/h3-4,6,11-13,20H,5,7-10H2,1-2H3. The molecule has 2 saturated carbocycles. The van der Waals surface area contributed by atoms with Crippen LogP contribution in [-0.2, 0) is 6.42 Å². The van der Waals surface area contributed by atoms with Crippen LogP contribution in [0.3, 0.4) is 0 Å². The molecule has 2 atom stereocenters. The first kappa shape index (κ1) is 14.5. The molecule has 0 aliphatic heterocycles. The molecule has 1 N–H and O–H groups in total. The second-order valence-electron chi connectivity index (χ2n) is 7.11. The first-order valence-electron chi connectivity index (χ1n) is 7.65. The van der Waals surface area contributed by atoms with Crippen molar-refractivity contribution in [2.75, 3.05) is 6.54 Å². The highest BCUT2D eigenvalue weighted by molar-refractivity contribution is 9.10. The molecule has 110 valence electrons. The fourth-order valence-electron chi connectivity index (χ4n) is 3.86. The summed E-state index contributed by atoms with van der Waals surface area (Å²) in [5, 5.41) is 3.61. The Hall–Kier alpha value is -0.410. The highest BCUT2D eigenvalue weighted by Crippen LogP contribution is 2.60. The maximum Gasteiger partial charge on any atom is 0.123 e. The molecule has 20 heavy (non-hydrogen) atoms. The van der Waals surface area contributed by atoms with Crippen molar-refractivity contribution in [3.63, 3.8) is 0 Å². The van der Waals surface area contributed by atoms with Crippen molar-refractivity contribution in [1.29, 1.82) is 0 Å². The van der Waals surface area contributed by atoms with Gasteiger partial charge in [-0.1, -0.05) is 29.8 Å². The van der Waals surface area contributed by atoms with Crippen LogP contribution in [0, 0.1) is 23.1 Å². The van der Waals surface area contributed by atoms with Crippen LogP contribution in [0.5, 0.6) is 0 Å². The Morgan fingerprint density at radius 2 is 2.05 bits per heavy atom. The van der Waals surface area contributed by atoms with E-state index in [0.717, 1.165) is 34.8 Å². The zero-order chi connectivity index (χ0) is 14.3. The molecular formula is C17H23BrFN. The number of fused-ring (bicyclic) bond motifs is 1. The molecule has 0 spiro atoms. The number of nitrogens with one attached hydrogen (secondary N) is 1. The van der Waals surface area contributed by atoms with Gasteiger partial charge in [-0.2, -0.15) is 0 Å². The van der Waals surface area contributed by atoms with Crippen molar-refractivity contribution >= 4 is 15.9 Å². The smallest absolute Gasteiger partial charge is 0.123 e. The zero-order valence-electron chi connectivity index (χ0n) is 12.3. The van der Waals surface area contributed by atoms with E-state index in [2.05, 4.69) is 35.1 Å². The average Bonchev–Trinajstić information content (AvgIpc) is 3.00. The predicted octanol–water partition coefficient (Wildman–Crippen LogP) is 4.55. The van der Waals surface area contributed by atoms with Crippen molar-refractivity contribution in [1.82, 2.24) is 5.32 Å². The molecule has 0 bridgehead atoms. The van der Waals surface area contributed by atoms with Crippen LogP contribution >= 0.6 is 15.9 Å². The van der Waals surface area contributed by atoms with Gasteiger partial charge in [0, 0.05) is 17.1 Å². The summed E-state index contributed by atoms with van der Waals surface area (Å²) in [7, 11) is 0. The number of halogens is 2. The van der Waals surface area contributed by atoms with E-state index in [9.17, 15) is 4.39 Å². The number of hydrogen-bond acceptors (Lipinski definition) is 1. The van der Waals surface area contributed by atoms with Gasteiger partial charge in [0.1, 0.15) is 5.82 Å². The van der Waals surface area contributed by atoms with E-state index < -0.39 is 0 Å². The second-order valence-corrected chi connectivity index (χ2v) is 7.97. The third kappa shape index (κ3) is 3.09. The summed E-state index contributed by atoms with van der Waals surface area (Å²) in [5.74, 6) is 1.76. The van der Waals surface area contributed by atoms with Crippen LogP contribution in [0.1, 0.15) is 38.7 Å². The number of rotatable bonds is 5. The molecule has 1 aromatic rings. The second kappa shape index (κ2) is 5.42. The van der Waals surface area contributed by atoms with Gasteiger partial charge in [-0.3, -0.25) is 0 Å². The summed E-state index contributed by atoms with van der Waals surface area (Å²) in [6, 6.07) is 5.58. The summed E-state index contributed by atoms with van der Waals surface area (Å²) in [5.41, 5.74) is 1.45. The molecule has 0 saturated heterocycles. The Balaban J connectivity index is 1.77. The lowest BCUT2D eigenvalue weighted by Gasteiger charge is -2.33. The lowest BCUT2D eigenvalue weighted by Crippen LogP contribution is -2.38. The van der Waals surface area contributed by atoms with Crippen molar-refractivity contribution in [3.8, 4) is 0 Å². The van der Waals surface area contributed by atoms with Crippen LogP contribution in [0.15, 0.2) is 22.7 Å². The largest absolute Gasteiger partial charge is 0.314 e. The minimum Gasteiger partial charge on any atom is -0.314 e. The summed E-state index contributed by atoms with van der Waals surface area (Å²) in [6.07, 6.45) is 5.02. The van der Waals surface area contributed by atoms with Crippen LogP contribution in [-0.4, -0.2) is 12.6 Å². The molecule has 3 rings (SSSR count). The summed E-state index contributed by atoms with van der Waals surface area (Å²) >= 11 is 3.58. The first-order chi connectivity index (χ1) is 9.47.